The number of likely N-dealkylation sites (N-methyl/N-ethyl adjacent to an activating group) is 1. The lowest BCUT2D eigenvalue weighted by Crippen LogP contribution is -2.39. The number of nitrogens with zero attached hydrogens (tertiary/aromatic N) is 4. The first-order valence-corrected chi connectivity index (χ1v) is 8.43. The van der Waals surface area contributed by atoms with Gasteiger partial charge in [-0.15, -0.1) is 0 Å². The number of hydrogen-bond acceptors (Lipinski definition) is 4. The normalized spacial score (nSPS) is 14.7. The van der Waals surface area contributed by atoms with E-state index in [2.05, 4.69) is 31.2 Å². The fourth-order valence-corrected chi connectivity index (χ4v) is 2.64. The second-order valence-corrected chi connectivity index (χ2v) is 7.86. The number of hydrogen-bond donors (Lipinski definition) is 1. The topological polar surface area (TPSA) is 70.5 Å². The zero-order valence-corrected chi connectivity index (χ0v) is 15.4. The maximum Gasteiger partial charge on any atom is 0.271 e. The second-order valence-electron chi connectivity index (χ2n) is 7.86. The molecule has 0 saturated carbocycles. The minimum absolute atomic E-state index is 0.0216. The van der Waals surface area contributed by atoms with Crippen molar-refractivity contribution in [3.8, 4) is 0 Å². The minimum Gasteiger partial charge on any atom is -0.349 e. The largest absolute Gasteiger partial charge is 0.349 e. The molecule has 0 radical (unpaired) electrons. The predicted molar refractivity (Wildman–Crippen MR) is 92.6 cm³/mol. The van der Waals surface area contributed by atoms with Crippen molar-refractivity contribution in [3.63, 3.8) is 0 Å². The van der Waals surface area contributed by atoms with Gasteiger partial charge in [0.1, 0.15) is 0 Å². The monoisotopic (exact) mass is 335 g/mol. The van der Waals surface area contributed by atoms with Crippen molar-refractivity contribution in [2.24, 2.45) is 5.41 Å². The molecule has 7 nitrogen and oxygen atoms in total. The molecule has 0 aromatic carbocycles. The third-order valence-corrected chi connectivity index (χ3v) is 3.91. The maximum atomic E-state index is 12.4. The van der Waals surface area contributed by atoms with E-state index in [1.165, 1.54) is 0 Å². The molecule has 1 aromatic rings. The van der Waals surface area contributed by atoms with Gasteiger partial charge in [-0.3, -0.25) is 14.3 Å². The fraction of sp³-hybridized carbons (Fsp3) is 0.706. The third-order valence-electron chi connectivity index (χ3n) is 3.91. The summed E-state index contributed by atoms with van der Waals surface area (Å²) in [7, 11) is 3.93. The van der Waals surface area contributed by atoms with Crippen molar-refractivity contribution >= 4 is 11.8 Å². The molecule has 1 aromatic heterocycles. The summed E-state index contributed by atoms with van der Waals surface area (Å²) in [5.74, 6) is -0.00162. The first kappa shape index (κ1) is 18.4. The Morgan fingerprint density at radius 1 is 1.29 bits per heavy atom. The number of nitrogens with one attached hydrogen (secondary N) is 1. The molecule has 0 aliphatic carbocycles. The Kier molecular flexibility index (Phi) is 5.64. The minimum atomic E-state index is -0.161. The van der Waals surface area contributed by atoms with Crippen molar-refractivity contribution in [3.05, 3.63) is 17.5 Å². The van der Waals surface area contributed by atoms with Crippen molar-refractivity contribution in [1.29, 1.82) is 0 Å². The lowest BCUT2D eigenvalue weighted by molar-refractivity contribution is -0.134. The lowest BCUT2D eigenvalue weighted by Gasteiger charge is -2.30. The summed E-state index contributed by atoms with van der Waals surface area (Å²) in [6, 6.07) is 1.79. The molecule has 0 fully saturated rings. The fourth-order valence-electron chi connectivity index (χ4n) is 2.64. The summed E-state index contributed by atoms with van der Waals surface area (Å²) < 4.78 is 1.84. The highest BCUT2D eigenvalue weighted by Crippen LogP contribution is 2.22. The summed E-state index contributed by atoms with van der Waals surface area (Å²) in [4.78, 5) is 28.4. The SMILES string of the molecule is CN(C)CCNC(=O)c1cc2n(n1)CCN(C(=O)CC(C)(C)C)C2. The molecule has 134 valence electrons. The molecule has 2 amide bonds. The van der Waals surface area contributed by atoms with Crippen LogP contribution in [0.5, 0.6) is 0 Å². The first-order valence-electron chi connectivity index (χ1n) is 8.43. The number of aromatic nitrogens is 2. The maximum absolute atomic E-state index is 12.4. The van der Waals surface area contributed by atoms with Crippen LogP contribution in [-0.4, -0.2) is 65.1 Å². The van der Waals surface area contributed by atoms with Gasteiger partial charge in [0.2, 0.25) is 5.91 Å². The molecule has 2 heterocycles. The van der Waals surface area contributed by atoms with Crippen LogP contribution in [0.3, 0.4) is 0 Å². The molecular formula is C17H29N5O2. The highest BCUT2D eigenvalue weighted by Gasteiger charge is 2.26. The molecule has 0 unspecified atom stereocenters. The van der Waals surface area contributed by atoms with Gasteiger partial charge in [0.25, 0.3) is 5.91 Å². The molecule has 0 atom stereocenters. The summed E-state index contributed by atoms with van der Waals surface area (Å²) in [6.07, 6.45) is 0.527. The summed E-state index contributed by atoms with van der Waals surface area (Å²) in [5.41, 5.74) is 1.32. The van der Waals surface area contributed by atoms with E-state index < -0.39 is 0 Å². The molecule has 7 heteroatoms. The van der Waals surface area contributed by atoms with Crippen LogP contribution in [0.2, 0.25) is 0 Å². The van der Waals surface area contributed by atoms with Crippen LogP contribution in [0.25, 0.3) is 0 Å². The molecule has 0 spiro atoms. The molecule has 0 bridgehead atoms. The van der Waals surface area contributed by atoms with E-state index in [-0.39, 0.29) is 17.2 Å². The highest BCUT2D eigenvalue weighted by molar-refractivity contribution is 5.92. The first-order chi connectivity index (χ1) is 11.2. The second kappa shape index (κ2) is 7.34. The average Bonchev–Trinajstić information content (AvgIpc) is 2.87. The van der Waals surface area contributed by atoms with E-state index in [0.717, 1.165) is 12.2 Å². The predicted octanol–water partition coefficient (Wildman–Crippen LogP) is 0.953. The van der Waals surface area contributed by atoms with E-state index >= 15 is 0 Å². The smallest absolute Gasteiger partial charge is 0.271 e. The average molecular weight is 335 g/mol. The number of rotatable bonds is 5. The Labute approximate surface area is 144 Å². The van der Waals surface area contributed by atoms with Crippen LogP contribution in [-0.2, 0) is 17.9 Å². The lowest BCUT2D eigenvalue weighted by atomic mass is 9.91. The van der Waals surface area contributed by atoms with Gasteiger partial charge in [0, 0.05) is 26.1 Å². The van der Waals surface area contributed by atoms with E-state index in [1.807, 2.05) is 28.6 Å². The van der Waals surface area contributed by atoms with E-state index in [1.54, 1.807) is 6.07 Å². The van der Waals surface area contributed by atoms with Crippen LogP contribution in [0.15, 0.2) is 6.07 Å². The van der Waals surface area contributed by atoms with Gasteiger partial charge in [-0.1, -0.05) is 20.8 Å². The van der Waals surface area contributed by atoms with Crippen molar-refractivity contribution in [1.82, 2.24) is 24.9 Å². The molecule has 1 aliphatic heterocycles. The van der Waals surface area contributed by atoms with Gasteiger partial charge in [-0.25, -0.2) is 0 Å². The van der Waals surface area contributed by atoms with E-state index in [4.69, 9.17) is 0 Å². The molecular weight excluding hydrogens is 306 g/mol. The number of fused-ring (bicyclic) bond motifs is 1. The van der Waals surface area contributed by atoms with Crippen LogP contribution in [0, 0.1) is 5.41 Å². The van der Waals surface area contributed by atoms with E-state index in [0.29, 0.717) is 38.3 Å². The van der Waals surface area contributed by atoms with E-state index in [9.17, 15) is 9.59 Å². The third kappa shape index (κ3) is 5.06. The Hall–Kier alpha value is -1.89. The van der Waals surface area contributed by atoms with Gasteiger partial charge in [-0.2, -0.15) is 5.10 Å². The van der Waals surface area contributed by atoms with Gasteiger partial charge >= 0.3 is 0 Å². The van der Waals surface area contributed by atoms with Crippen molar-refractivity contribution < 1.29 is 9.59 Å². The van der Waals surface area contributed by atoms with Crippen LogP contribution in [0.1, 0.15) is 43.4 Å². The molecule has 24 heavy (non-hydrogen) atoms. The standard InChI is InChI=1S/C17H29N5O2/c1-17(2,3)11-15(23)21-8-9-22-13(12-21)10-14(19-22)16(24)18-6-7-20(4)5/h10H,6-9,11-12H2,1-5H3,(H,18,24). The zero-order valence-electron chi connectivity index (χ0n) is 15.4. The molecule has 2 rings (SSSR count). The number of amides is 2. The van der Waals surface area contributed by atoms with Crippen molar-refractivity contribution in [2.45, 2.75) is 40.3 Å². The van der Waals surface area contributed by atoms with Gasteiger partial charge in [-0.05, 0) is 25.6 Å². The summed E-state index contributed by atoms with van der Waals surface area (Å²) in [5, 5.41) is 7.24. The Morgan fingerprint density at radius 3 is 2.62 bits per heavy atom. The summed E-state index contributed by atoms with van der Waals surface area (Å²) in [6.45, 7) is 9.37. The van der Waals surface area contributed by atoms with Crippen LogP contribution in [0.4, 0.5) is 0 Å². The summed E-state index contributed by atoms with van der Waals surface area (Å²) >= 11 is 0. The molecule has 1 N–H and O–H groups in total. The van der Waals surface area contributed by atoms with Gasteiger partial charge in [0.05, 0.1) is 18.8 Å². The van der Waals surface area contributed by atoms with Crippen LogP contribution >= 0.6 is 0 Å². The molecule has 1 aliphatic rings. The Bertz CT molecular complexity index is 601. The van der Waals surface area contributed by atoms with Gasteiger partial charge < -0.3 is 15.1 Å². The Morgan fingerprint density at radius 2 is 2.00 bits per heavy atom. The zero-order chi connectivity index (χ0) is 17.9. The molecule has 0 saturated heterocycles. The Balaban J connectivity index is 1.96. The number of carbonyl (C=O) groups excluding carboxylic acids is 2. The number of carbonyl (C=O) groups is 2. The van der Waals surface area contributed by atoms with Crippen molar-refractivity contribution in [2.75, 3.05) is 33.7 Å². The van der Waals surface area contributed by atoms with Gasteiger partial charge in [0.15, 0.2) is 5.69 Å². The van der Waals surface area contributed by atoms with Crippen LogP contribution < -0.4 is 5.32 Å². The quantitative estimate of drug-likeness (QED) is 0.870. The highest BCUT2D eigenvalue weighted by atomic mass is 16.2.